The van der Waals surface area contributed by atoms with E-state index in [4.69, 9.17) is 0 Å². The van der Waals surface area contributed by atoms with Crippen LogP contribution in [0, 0.1) is 30.5 Å². The Morgan fingerprint density at radius 2 is 1.63 bits per heavy atom. The minimum Gasteiger partial charge on any atom is -0.380 e. The second kappa shape index (κ2) is 3.97. The molecule has 2 heteroatoms. The van der Waals surface area contributed by atoms with E-state index in [0.717, 1.165) is 29.0 Å². The Kier molecular flexibility index (Phi) is 2.46. The van der Waals surface area contributed by atoms with Gasteiger partial charge in [0.05, 0.1) is 0 Å². The van der Waals surface area contributed by atoms with Crippen molar-refractivity contribution in [2.45, 2.75) is 51.0 Å². The van der Waals surface area contributed by atoms with E-state index in [1.807, 2.05) is 19.1 Å². The van der Waals surface area contributed by atoms with Gasteiger partial charge in [0.2, 0.25) is 0 Å². The standard InChI is InChI=1S/C17H22FN/c1-11-4-15(2-3-16(11)18)19-17-8-12-5-13(9-17)7-14(6-12)10-17/h2-4,12-14,19H,5-10H2,1H3. The van der Waals surface area contributed by atoms with Gasteiger partial charge in [0.1, 0.15) is 5.82 Å². The lowest BCUT2D eigenvalue weighted by molar-refractivity contribution is 0.0107. The van der Waals surface area contributed by atoms with Gasteiger partial charge in [-0.25, -0.2) is 4.39 Å². The largest absolute Gasteiger partial charge is 0.380 e. The van der Waals surface area contributed by atoms with Gasteiger partial charge in [-0.3, -0.25) is 0 Å². The molecule has 0 saturated heterocycles. The Hall–Kier alpha value is -1.05. The van der Waals surface area contributed by atoms with Crippen LogP contribution in [0.25, 0.3) is 0 Å². The number of rotatable bonds is 2. The molecule has 4 saturated carbocycles. The summed E-state index contributed by atoms with van der Waals surface area (Å²) in [4.78, 5) is 0. The van der Waals surface area contributed by atoms with Crippen LogP contribution >= 0.6 is 0 Å². The molecule has 4 bridgehead atoms. The molecule has 1 N–H and O–H groups in total. The van der Waals surface area contributed by atoms with Gasteiger partial charge in [0, 0.05) is 11.2 Å². The van der Waals surface area contributed by atoms with Gasteiger partial charge in [-0.1, -0.05) is 0 Å². The number of nitrogens with one attached hydrogen (secondary N) is 1. The first kappa shape index (κ1) is 11.7. The van der Waals surface area contributed by atoms with Crippen molar-refractivity contribution in [2.75, 3.05) is 5.32 Å². The predicted molar refractivity (Wildman–Crippen MR) is 75.7 cm³/mol. The third-order valence-corrected chi connectivity index (χ3v) is 5.61. The van der Waals surface area contributed by atoms with Crippen LogP contribution in [0.3, 0.4) is 0 Å². The van der Waals surface area contributed by atoms with E-state index < -0.39 is 0 Å². The fraction of sp³-hybridized carbons (Fsp3) is 0.647. The minimum atomic E-state index is -0.101. The summed E-state index contributed by atoms with van der Waals surface area (Å²) in [6.07, 6.45) is 8.37. The lowest BCUT2D eigenvalue weighted by atomic mass is 9.53. The normalized spacial score (nSPS) is 39.6. The number of hydrogen-bond acceptors (Lipinski definition) is 1. The Morgan fingerprint density at radius 3 is 2.16 bits per heavy atom. The fourth-order valence-electron chi connectivity index (χ4n) is 5.29. The van der Waals surface area contributed by atoms with E-state index >= 15 is 0 Å². The molecule has 5 rings (SSSR count). The molecule has 0 aromatic heterocycles. The first-order chi connectivity index (χ1) is 9.12. The van der Waals surface area contributed by atoms with Gasteiger partial charge in [0.25, 0.3) is 0 Å². The Morgan fingerprint density at radius 1 is 1.05 bits per heavy atom. The zero-order chi connectivity index (χ0) is 13.0. The summed E-state index contributed by atoms with van der Waals surface area (Å²) in [6.45, 7) is 1.85. The zero-order valence-corrected chi connectivity index (χ0v) is 11.6. The van der Waals surface area contributed by atoms with Crippen molar-refractivity contribution in [3.8, 4) is 0 Å². The molecule has 4 aliphatic carbocycles. The number of benzene rings is 1. The molecule has 102 valence electrons. The summed E-state index contributed by atoms with van der Waals surface area (Å²) in [5.41, 5.74) is 2.18. The van der Waals surface area contributed by atoms with E-state index in [1.165, 1.54) is 38.5 Å². The minimum absolute atomic E-state index is 0.101. The topological polar surface area (TPSA) is 12.0 Å². The maximum atomic E-state index is 13.4. The number of anilines is 1. The average molecular weight is 259 g/mol. The molecule has 19 heavy (non-hydrogen) atoms. The maximum absolute atomic E-state index is 13.4. The lowest BCUT2D eigenvalue weighted by Gasteiger charge is -2.57. The molecule has 1 nitrogen and oxygen atoms in total. The molecule has 1 aromatic carbocycles. The molecule has 0 spiro atoms. The van der Waals surface area contributed by atoms with Crippen LogP contribution in [0.15, 0.2) is 18.2 Å². The van der Waals surface area contributed by atoms with Crippen LogP contribution in [0.2, 0.25) is 0 Å². The fourth-order valence-corrected chi connectivity index (χ4v) is 5.29. The second-order valence-corrected chi connectivity index (χ2v) is 7.29. The average Bonchev–Trinajstić information content (AvgIpc) is 2.31. The van der Waals surface area contributed by atoms with Crippen molar-refractivity contribution < 1.29 is 4.39 Å². The van der Waals surface area contributed by atoms with Gasteiger partial charge in [-0.15, -0.1) is 0 Å². The third-order valence-electron chi connectivity index (χ3n) is 5.61. The predicted octanol–water partition coefficient (Wildman–Crippen LogP) is 4.51. The highest BCUT2D eigenvalue weighted by Crippen LogP contribution is 2.56. The molecule has 0 atom stereocenters. The second-order valence-electron chi connectivity index (χ2n) is 7.29. The monoisotopic (exact) mass is 259 g/mol. The quantitative estimate of drug-likeness (QED) is 0.823. The van der Waals surface area contributed by atoms with Crippen LogP contribution in [0.4, 0.5) is 10.1 Å². The summed E-state index contributed by atoms with van der Waals surface area (Å²) < 4.78 is 13.4. The van der Waals surface area contributed by atoms with Gasteiger partial charge >= 0.3 is 0 Å². The van der Waals surface area contributed by atoms with Crippen molar-refractivity contribution in [3.05, 3.63) is 29.6 Å². The summed E-state index contributed by atoms with van der Waals surface area (Å²) in [5.74, 6) is 2.73. The highest BCUT2D eigenvalue weighted by atomic mass is 19.1. The van der Waals surface area contributed by atoms with E-state index in [0.29, 0.717) is 5.54 Å². The highest BCUT2D eigenvalue weighted by molar-refractivity contribution is 5.48. The third kappa shape index (κ3) is 1.96. The Bertz CT molecular complexity index is 473. The van der Waals surface area contributed by atoms with Crippen LogP contribution in [0.5, 0.6) is 0 Å². The molecule has 0 unspecified atom stereocenters. The van der Waals surface area contributed by atoms with Crippen LogP contribution in [-0.2, 0) is 0 Å². The molecule has 0 aliphatic heterocycles. The summed E-state index contributed by atoms with van der Waals surface area (Å²) in [7, 11) is 0. The molecular formula is C17H22FN. The number of halogens is 1. The van der Waals surface area contributed by atoms with Crippen molar-refractivity contribution in [1.82, 2.24) is 0 Å². The van der Waals surface area contributed by atoms with Crippen molar-refractivity contribution >= 4 is 5.69 Å². The Labute approximate surface area is 114 Å². The summed E-state index contributed by atoms with van der Waals surface area (Å²) in [5, 5.41) is 3.79. The molecule has 1 aromatic rings. The molecular weight excluding hydrogens is 237 g/mol. The van der Waals surface area contributed by atoms with Crippen molar-refractivity contribution in [3.63, 3.8) is 0 Å². The van der Waals surface area contributed by atoms with Crippen LogP contribution < -0.4 is 5.32 Å². The van der Waals surface area contributed by atoms with Gasteiger partial charge in [-0.2, -0.15) is 0 Å². The Balaban J connectivity index is 1.60. The first-order valence-electron chi connectivity index (χ1n) is 7.66. The van der Waals surface area contributed by atoms with Gasteiger partial charge < -0.3 is 5.32 Å². The molecule has 4 fully saturated rings. The molecule has 0 amide bonds. The zero-order valence-electron chi connectivity index (χ0n) is 11.6. The molecule has 4 aliphatic rings. The number of hydrogen-bond donors (Lipinski definition) is 1. The van der Waals surface area contributed by atoms with Crippen molar-refractivity contribution in [1.29, 1.82) is 0 Å². The van der Waals surface area contributed by atoms with E-state index in [9.17, 15) is 4.39 Å². The number of aryl methyl sites for hydroxylation is 1. The summed E-state index contributed by atoms with van der Waals surface area (Å²) >= 11 is 0. The van der Waals surface area contributed by atoms with Crippen molar-refractivity contribution in [2.24, 2.45) is 17.8 Å². The van der Waals surface area contributed by atoms with Gasteiger partial charge in [0.15, 0.2) is 0 Å². The van der Waals surface area contributed by atoms with E-state index in [-0.39, 0.29) is 5.82 Å². The summed E-state index contributed by atoms with van der Waals surface area (Å²) in [6, 6.07) is 5.47. The SMILES string of the molecule is Cc1cc(NC23CC4CC(CC(C4)C2)C3)ccc1F. The van der Waals surface area contributed by atoms with Crippen LogP contribution in [-0.4, -0.2) is 5.54 Å². The van der Waals surface area contributed by atoms with E-state index in [1.54, 1.807) is 6.07 Å². The highest BCUT2D eigenvalue weighted by Gasteiger charge is 2.50. The first-order valence-corrected chi connectivity index (χ1v) is 7.66. The lowest BCUT2D eigenvalue weighted by Crippen LogP contribution is -2.54. The molecule has 0 heterocycles. The van der Waals surface area contributed by atoms with E-state index in [2.05, 4.69) is 5.32 Å². The molecule has 0 radical (unpaired) electrons. The van der Waals surface area contributed by atoms with Crippen LogP contribution in [0.1, 0.15) is 44.1 Å². The van der Waals surface area contributed by atoms with Gasteiger partial charge in [-0.05, 0) is 87.0 Å². The maximum Gasteiger partial charge on any atom is 0.126 e. The smallest absolute Gasteiger partial charge is 0.126 e.